The van der Waals surface area contributed by atoms with Gasteiger partial charge in [0, 0.05) is 23.7 Å². The molecule has 1 aromatic carbocycles. The van der Waals surface area contributed by atoms with E-state index < -0.39 is 0 Å². The zero-order chi connectivity index (χ0) is 11.1. The first-order valence-corrected chi connectivity index (χ1v) is 5.38. The molecule has 1 N–H and O–H groups in total. The van der Waals surface area contributed by atoms with Gasteiger partial charge < -0.3 is 10.1 Å². The molecule has 0 unspecified atom stereocenters. The largest absolute Gasteiger partial charge is 0.489 e. The molecule has 0 radical (unpaired) electrons. The van der Waals surface area contributed by atoms with E-state index in [1.165, 1.54) is 0 Å². The minimum Gasteiger partial charge on any atom is -0.489 e. The van der Waals surface area contributed by atoms with Crippen molar-refractivity contribution in [2.45, 2.75) is 13.8 Å². The zero-order valence-electron chi connectivity index (χ0n) is 9.37. The molecule has 2 heterocycles. The molecule has 0 spiro atoms. The molecule has 4 nitrogen and oxygen atoms in total. The van der Waals surface area contributed by atoms with Gasteiger partial charge in [-0.25, -0.2) is 9.97 Å². The van der Waals surface area contributed by atoms with Crippen LogP contribution >= 0.6 is 0 Å². The molecule has 0 saturated carbocycles. The van der Waals surface area contributed by atoms with Gasteiger partial charge in [0.2, 0.25) is 0 Å². The van der Waals surface area contributed by atoms with E-state index in [1.54, 1.807) is 6.33 Å². The molecule has 4 heteroatoms. The van der Waals surface area contributed by atoms with Crippen LogP contribution in [0, 0.1) is 13.8 Å². The van der Waals surface area contributed by atoms with Crippen molar-refractivity contribution >= 4 is 16.6 Å². The topological polar surface area (TPSA) is 47.0 Å². The van der Waals surface area contributed by atoms with Crippen molar-refractivity contribution in [2.75, 3.05) is 18.5 Å². The van der Waals surface area contributed by atoms with Gasteiger partial charge in [-0.2, -0.15) is 0 Å². The summed E-state index contributed by atoms with van der Waals surface area (Å²) in [5.74, 6) is 0.940. The SMILES string of the molecule is Cc1c2c(c(C)c3ncncc13)OCCN2. The maximum absolute atomic E-state index is 5.72. The van der Waals surface area contributed by atoms with Crippen molar-refractivity contribution in [1.82, 2.24) is 9.97 Å². The third-order valence-corrected chi connectivity index (χ3v) is 3.06. The Labute approximate surface area is 93.7 Å². The van der Waals surface area contributed by atoms with Gasteiger partial charge in [0.25, 0.3) is 0 Å². The first kappa shape index (κ1) is 9.39. The van der Waals surface area contributed by atoms with Crippen LogP contribution in [0.1, 0.15) is 11.1 Å². The molecular formula is C12H13N3O. The normalized spacial score (nSPS) is 14.1. The lowest BCUT2D eigenvalue weighted by Crippen LogP contribution is -2.20. The van der Waals surface area contributed by atoms with Gasteiger partial charge in [-0.1, -0.05) is 0 Å². The highest BCUT2D eigenvalue weighted by Gasteiger charge is 2.19. The fraction of sp³-hybridized carbons (Fsp3) is 0.333. The first-order chi connectivity index (χ1) is 7.79. The number of ether oxygens (including phenoxy) is 1. The Bertz CT molecular complexity index is 515. The van der Waals surface area contributed by atoms with E-state index in [2.05, 4.69) is 22.2 Å². The number of nitrogens with one attached hydrogen (secondary N) is 1. The molecule has 0 bridgehead atoms. The van der Waals surface area contributed by atoms with Crippen molar-refractivity contribution in [2.24, 2.45) is 0 Å². The highest BCUT2D eigenvalue weighted by atomic mass is 16.5. The average molecular weight is 215 g/mol. The lowest BCUT2D eigenvalue weighted by atomic mass is 10.0. The van der Waals surface area contributed by atoms with E-state index in [9.17, 15) is 0 Å². The summed E-state index contributed by atoms with van der Waals surface area (Å²) in [6, 6.07) is 0. The molecule has 0 fully saturated rings. The number of nitrogens with zero attached hydrogens (tertiary/aromatic N) is 2. The number of aromatic nitrogens is 2. The zero-order valence-corrected chi connectivity index (χ0v) is 9.37. The van der Waals surface area contributed by atoms with E-state index in [-0.39, 0.29) is 0 Å². The molecule has 1 aromatic heterocycles. The molecule has 0 aliphatic carbocycles. The third-order valence-electron chi connectivity index (χ3n) is 3.06. The van der Waals surface area contributed by atoms with Crippen LogP contribution < -0.4 is 10.1 Å². The molecule has 16 heavy (non-hydrogen) atoms. The van der Waals surface area contributed by atoms with Crippen LogP contribution in [0.5, 0.6) is 5.75 Å². The number of aryl methyl sites for hydroxylation is 2. The molecular weight excluding hydrogens is 202 g/mol. The van der Waals surface area contributed by atoms with Crippen molar-refractivity contribution in [3.8, 4) is 5.75 Å². The summed E-state index contributed by atoms with van der Waals surface area (Å²) in [7, 11) is 0. The summed E-state index contributed by atoms with van der Waals surface area (Å²) in [6.45, 7) is 5.68. The highest BCUT2D eigenvalue weighted by molar-refractivity contribution is 5.93. The number of hydrogen-bond acceptors (Lipinski definition) is 4. The summed E-state index contributed by atoms with van der Waals surface area (Å²) in [5.41, 5.74) is 4.32. The Balaban J connectivity index is 2.44. The smallest absolute Gasteiger partial charge is 0.147 e. The second-order valence-electron chi connectivity index (χ2n) is 4.01. The van der Waals surface area contributed by atoms with Crippen LogP contribution in [0.2, 0.25) is 0 Å². The third kappa shape index (κ3) is 1.16. The molecule has 1 aliphatic rings. The number of anilines is 1. The summed E-state index contributed by atoms with van der Waals surface area (Å²) < 4.78 is 5.72. The average Bonchev–Trinajstić information content (AvgIpc) is 2.36. The number of benzene rings is 1. The Hall–Kier alpha value is -1.84. The monoisotopic (exact) mass is 215 g/mol. The molecule has 0 amide bonds. The van der Waals surface area contributed by atoms with Gasteiger partial charge in [-0.15, -0.1) is 0 Å². The molecule has 2 aromatic rings. The van der Waals surface area contributed by atoms with Gasteiger partial charge in [0.15, 0.2) is 0 Å². The standard InChI is InChI=1S/C12H13N3O/c1-7-9-5-13-6-15-10(9)8(2)12-11(7)14-3-4-16-12/h5-6,14H,3-4H2,1-2H3. The highest BCUT2D eigenvalue weighted by Crippen LogP contribution is 2.39. The van der Waals surface area contributed by atoms with E-state index >= 15 is 0 Å². The Kier molecular flexibility index (Phi) is 1.96. The Morgan fingerprint density at radius 3 is 3.06 bits per heavy atom. The fourth-order valence-corrected chi connectivity index (χ4v) is 2.23. The fourth-order valence-electron chi connectivity index (χ4n) is 2.23. The van der Waals surface area contributed by atoms with Crippen LogP contribution in [0.4, 0.5) is 5.69 Å². The maximum Gasteiger partial charge on any atom is 0.147 e. The summed E-state index contributed by atoms with van der Waals surface area (Å²) in [6.07, 6.45) is 3.44. The van der Waals surface area contributed by atoms with Crippen LogP contribution in [-0.4, -0.2) is 23.1 Å². The summed E-state index contributed by atoms with van der Waals surface area (Å²) in [5, 5.41) is 4.48. The van der Waals surface area contributed by atoms with Crippen molar-refractivity contribution in [3.05, 3.63) is 23.7 Å². The van der Waals surface area contributed by atoms with E-state index in [0.717, 1.165) is 40.0 Å². The van der Waals surface area contributed by atoms with Gasteiger partial charge >= 0.3 is 0 Å². The Morgan fingerprint density at radius 2 is 2.19 bits per heavy atom. The molecule has 82 valence electrons. The van der Waals surface area contributed by atoms with E-state index in [1.807, 2.05) is 13.1 Å². The second-order valence-corrected chi connectivity index (χ2v) is 4.01. The van der Waals surface area contributed by atoms with Crippen LogP contribution in [0.15, 0.2) is 12.5 Å². The quantitative estimate of drug-likeness (QED) is 0.730. The summed E-state index contributed by atoms with van der Waals surface area (Å²) in [4.78, 5) is 8.41. The van der Waals surface area contributed by atoms with Gasteiger partial charge in [-0.3, -0.25) is 0 Å². The second kappa shape index (κ2) is 3.33. The van der Waals surface area contributed by atoms with Gasteiger partial charge in [-0.05, 0) is 19.4 Å². The van der Waals surface area contributed by atoms with Crippen molar-refractivity contribution in [3.63, 3.8) is 0 Å². The summed E-state index contributed by atoms with van der Waals surface area (Å²) >= 11 is 0. The predicted molar refractivity (Wildman–Crippen MR) is 63.0 cm³/mol. The number of fused-ring (bicyclic) bond motifs is 2. The molecule has 3 rings (SSSR count). The maximum atomic E-state index is 5.72. The number of hydrogen-bond donors (Lipinski definition) is 1. The number of rotatable bonds is 0. The molecule has 0 saturated heterocycles. The van der Waals surface area contributed by atoms with Gasteiger partial charge in [0.1, 0.15) is 18.7 Å². The minimum absolute atomic E-state index is 0.712. The van der Waals surface area contributed by atoms with Crippen LogP contribution in [0.25, 0.3) is 10.9 Å². The van der Waals surface area contributed by atoms with Gasteiger partial charge in [0.05, 0.1) is 11.2 Å². The van der Waals surface area contributed by atoms with Crippen molar-refractivity contribution < 1.29 is 4.74 Å². The van der Waals surface area contributed by atoms with Crippen LogP contribution in [0.3, 0.4) is 0 Å². The van der Waals surface area contributed by atoms with E-state index in [0.29, 0.717) is 6.61 Å². The van der Waals surface area contributed by atoms with E-state index in [4.69, 9.17) is 4.74 Å². The van der Waals surface area contributed by atoms with Crippen molar-refractivity contribution in [1.29, 1.82) is 0 Å². The first-order valence-electron chi connectivity index (χ1n) is 5.38. The molecule has 1 aliphatic heterocycles. The predicted octanol–water partition coefficient (Wildman–Crippen LogP) is 2.05. The Morgan fingerprint density at radius 1 is 1.31 bits per heavy atom. The lowest BCUT2D eigenvalue weighted by Gasteiger charge is -2.24. The molecule has 0 atom stereocenters. The minimum atomic E-state index is 0.712. The lowest BCUT2D eigenvalue weighted by molar-refractivity contribution is 0.321. The van der Waals surface area contributed by atoms with Crippen LogP contribution in [-0.2, 0) is 0 Å².